The Hall–Kier alpha value is -1.67. The Bertz CT molecular complexity index is 766. The quantitative estimate of drug-likeness (QED) is 0.824. The maximum absolute atomic E-state index is 13.7. The lowest BCUT2D eigenvalue weighted by atomic mass is 10.3. The average molecular weight is 363 g/mol. The van der Waals surface area contributed by atoms with Crippen molar-refractivity contribution in [3.05, 3.63) is 52.5 Å². The lowest BCUT2D eigenvalue weighted by Gasteiger charge is -2.10. The Morgan fingerprint density at radius 1 is 1.15 bits per heavy atom. The molecule has 0 radical (unpaired) electrons. The second-order valence-corrected chi connectivity index (χ2v) is 6.43. The molecule has 0 spiro atoms. The van der Waals surface area contributed by atoms with Gasteiger partial charge < -0.3 is 5.73 Å². The largest absolute Gasteiger partial charge is 0.398 e. The van der Waals surface area contributed by atoms with E-state index in [1.54, 1.807) is 0 Å². The van der Waals surface area contributed by atoms with E-state index in [0.29, 0.717) is 0 Å². The minimum atomic E-state index is -4.19. The van der Waals surface area contributed by atoms with Crippen LogP contribution in [-0.2, 0) is 10.0 Å². The molecule has 106 valence electrons. The van der Waals surface area contributed by atoms with Crippen LogP contribution in [0.15, 0.2) is 45.8 Å². The van der Waals surface area contributed by atoms with E-state index in [2.05, 4.69) is 20.7 Å². The van der Waals surface area contributed by atoms with Crippen molar-refractivity contribution in [2.24, 2.45) is 0 Å². The van der Waals surface area contributed by atoms with E-state index >= 15 is 0 Å². The molecule has 3 N–H and O–H groups in total. The van der Waals surface area contributed by atoms with Crippen molar-refractivity contribution in [2.75, 3.05) is 10.5 Å². The summed E-state index contributed by atoms with van der Waals surface area (Å²) in [5.41, 5.74) is 5.60. The van der Waals surface area contributed by atoms with Gasteiger partial charge in [0.25, 0.3) is 10.0 Å². The fourth-order valence-corrected chi connectivity index (χ4v) is 2.97. The molecule has 0 unspecified atom stereocenters. The van der Waals surface area contributed by atoms with Crippen molar-refractivity contribution in [1.29, 1.82) is 0 Å². The van der Waals surface area contributed by atoms with Gasteiger partial charge >= 0.3 is 0 Å². The van der Waals surface area contributed by atoms with Gasteiger partial charge in [0.15, 0.2) is 0 Å². The van der Waals surface area contributed by atoms with E-state index < -0.39 is 26.6 Å². The van der Waals surface area contributed by atoms with Crippen LogP contribution >= 0.6 is 15.9 Å². The first-order valence-electron chi connectivity index (χ1n) is 5.32. The summed E-state index contributed by atoms with van der Waals surface area (Å²) in [7, 11) is -4.19. The molecule has 0 heterocycles. The number of benzene rings is 2. The van der Waals surface area contributed by atoms with Crippen molar-refractivity contribution in [1.82, 2.24) is 0 Å². The number of nitrogens with two attached hydrogens (primary N) is 1. The summed E-state index contributed by atoms with van der Waals surface area (Å²) in [6, 6.07) is 6.77. The standard InChI is InChI=1S/C12H9BrF2N2O2S/c13-9-5-10(15)12(6-11(9)16)20(18,19)17-8-3-1-2-7(14)4-8/h1-6,17H,16H2. The molecule has 0 fully saturated rings. The molecule has 0 amide bonds. The van der Waals surface area contributed by atoms with Crippen molar-refractivity contribution in [3.63, 3.8) is 0 Å². The van der Waals surface area contributed by atoms with Gasteiger partial charge in [0.2, 0.25) is 0 Å². The van der Waals surface area contributed by atoms with Crippen LogP contribution in [0.5, 0.6) is 0 Å². The van der Waals surface area contributed by atoms with Gasteiger partial charge in [0, 0.05) is 10.2 Å². The molecule has 8 heteroatoms. The Labute approximate surface area is 122 Å². The maximum Gasteiger partial charge on any atom is 0.264 e. The Morgan fingerprint density at radius 2 is 1.85 bits per heavy atom. The van der Waals surface area contributed by atoms with Crippen molar-refractivity contribution in [3.8, 4) is 0 Å². The van der Waals surface area contributed by atoms with Crippen molar-refractivity contribution < 1.29 is 17.2 Å². The number of nitrogens with one attached hydrogen (secondary N) is 1. The summed E-state index contributed by atoms with van der Waals surface area (Å²) in [6.45, 7) is 0. The number of rotatable bonds is 3. The van der Waals surface area contributed by atoms with Gasteiger partial charge in [-0.05, 0) is 46.3 Å². The first-order valence-corrected chi connectivity index (χ1v) is 7.60. The molecule has 0 saturated heterocycles. The van der Waals surface area contributed by atoms with E-state index in [1.165, 1.54) is 12.1 Å². The first kappa shape index (κ1) is 14.7. The second kappa shape index (κ2) is 5.37. The summed E-state index contributed by atoms with van der Waals surface area (Å²) < 4.78 is 53.2. The van der Waals surface area contributed by atoms with E-state index in [1.807, 2.05) is 0 Å². The third-order valence-corrected chi connectivity index (χ3v) is 4.50. The van der Waals surface area contributed by atoms with E-state index in [0.717, 1.165) is 24.3 Å². The summed E-state index contributed by atoms with van der Waals surface area (Å²) in [6.07, 6.45) is 0. The SMILES string of the molecule is Nc1cc(S(=O)(=O)Nc2cccc(F)c2)c(F)cc1Br. The number of halogens is 3. The van der Waals surface area contributed by atoms with E-state index in [4.69, 9.17) is 5.73 Å². The minimum absolute atomic E-state index is 0.00844. The summed E-state index contributed by atoms with van der Waals surface area (Å²) in [5.74, 6) is -1.57. The zero-order valence-electron chi connectivity index (χ0n) is 9.90. The highest BCUT2D eigenvalue weighted by Crippen LogP contribution is 2.27. The van der Waals surface area contributed by atoms with Crippen LogP contribution in [0.25, 0.3) is 0 Å². The maximum atomic E-state index is 13.7. The number of anilines is 2. The van der Waals surface area contributed by atoms with Gasteiger partial charge in [-0.1, -0.05) is 6.07 Å². The van der Waals surface area contributed by atoms with Crippen LogP contribution < -0.4 is 10.5 Å². The molecule has 0 aromatic heterocycles. The van der Waals surface area contributed by atoms with Crippen LogP contribution in [0.1, 0.15) is 0 Å². The van der Waals surface area contributed by atoms with Gasteiger partial charge in [-0.15, -0.1) is 0 Å². The third kappa shape index (κ3) is 3.07. The Kier molecular flexibility index (Phi) is 3.96. The molecule has 0 bridgehead atoms. The highest BCUT2D eigenvalue weighted by atomic mass is 79.9. The summed E-state index contributed by atoms with van der Waals surface area (Å²) >= 11 is 2.99. The summed E-state index contributed by atoms with van der Waals surface area (Å²) in [5, 5.41) is 0. The molecule has 0 saturated carbocycles. The van der Waals surface area contributed by atoms with Gasteiger partial charge in [-0.25, -0.2) is 17.2 Å². The first-order chi connectivity index (χ1) is 9.29. The molecule has 2 rings (SSSR count). The highest BCUT2D eigenvalue weighted by molar-refractivity contribution is 9.10. The number of sulfonamides is 1. The predicted molar refractivity (Wildman–Crippen MR) is 75.7 cm³/mol. The topological polar surface area (TPSA) is 72.2 Å². The van der Waals surface area contributed by atoms with Crippen molar-refractivity contribution in [2.45, 2.75) is 4.90 Å². The zero-order chi connectivity index (χ0) is 14.9. The molecule has 2 aromatic carbocycles. The molecule has 0 aliphatic carbocycles. The molecular formula is C12H9BrF2N2O2S. The van der Waals surface area contributed by atoms with Gasteiger partial charge in [0.1, 0.15) is 16.5 Å². The monoisotopic (exact) mass is 362 g/mol. The van der Waals surface area contributed by atoms with Crippen LogP contribution in [0.4, 0.5) is 20.2 Å². The smallest absolute Gasteiger partial charge is 0.264 e. The molecule has 0 atom stereocenters. The van der Waals surface area contributed by atoms with E-state index in [-0.39, 0.29) is 15.8 Å². The van der Waals surface area contributed by atoms with Gasteiger partial charge in [-0.3, -0.25) is 4.72 Å². The van der Waals surface area contributed by atoms with Crippen LogP contribution in [0.2, 0.25) is 0 Å². The lowest BCUT2D eigenvalue weighted by molar-refractivity contribution is 0.570. The molecule has 0 aliphatic heterocycles. The number of hydrogen-bond acceptors (Lipinski definition) is 3. The Balaban J connectivity index is 2.43. The molecule has 2 aromatic rings. The zero-order valence-corrected chi connectivity index (χ0v) is 12.3. The van der Waals surface area contributed by atoms with Crippen molar-refractivity contribution >= 4 is 37.3 Å². The minimum Gasteiger partial charge on any atom is -0.398 e. The Morgan fingerprint density at radius 3 is 2.50 bits per heavy atom. The fourth-order valence-electron chi connectivity index (χ4n) is 1.51. The highest BCUT2D eigenvalue weighted by Gasteiger charge is 2.21. The number of nitrogen functional groups attached to an aromatic ring is 1. The molecule has 4 nitrogen and oxygen atoms in total. The van der Waals surface area contributed by atoms with E-state index in [9.17, 15) is 17.2 Å². The molecule has 20 heavy (non-hydrogen) atoms. The normalized spacial score (nSPS) is 11.3. The van der Waals surface area contributed by atoms with Crippen LogP contribution in [-0.4, -0.2) is 8.42 Å². The lowest BCUT2D eigenvalue weighted by Crippen LogP contribution is -2.15. The van der Waals surface area contributed by atoms with Gasteiger partial charge in [-0.2, -0.15) is 0 Å². The fraction of sp³-hybridized carbons (Fsp3) is 0. The average Bonchev–Trinajstić information content (AvgIpc) is 2.33. The number of hydrogen-bond donors (Lipinski definition) is 2. The van der Waals surface area contributed by atoms with Crippen LogP contribution in [0, 0.1) is 11.6 Å². The van der Waals surface area contributed by atoms with Crippen LogP contribution in [0.3, 0.4) is 0 Å². The molecular weight excluding hydrogens is 354 g/mol. The second-order valence-electron chi connectivity index (χ2n) is 3.92. The predicted octanol–water partition coefficient (Wildman–Crippen LogP) is 3.11. The van der Waals surface area contributed by atoms with Gasteiger partial charge in [0.05, 0.1) is 5.69 Å². The summed E-state index contributed by atoms with van der Waals surface area (Å²) in [4.78, 5) is -0.609. The third-order valence-electron chi connectivity index (χ3n) is 2.42. The molecule has 0 aliphatic rings.